The van der Waals surface area contributed by atoms with E-state index in [0.717, 1.165) is 27.8 Å². The number of carbonyl (C=O) groups is 1. The Morgan fingerprint density at radius 2 is 1.82 bits per heavy atom. The first kappa shape index (κ1) is 23.7. The molecule has 1 aliphatic heterocycles. The van der Waals surface area contributed by atoms with Gasteiger partial charge in [0.2, 0.25) is 5.91 Å². The number of anilines is 1. The number of nitrogens with one attached hydrogen (secondary N) is 2. The molecule has 2 aromatic carbocycles. The van der Waals surface area contributed by atoms with Crippen molar-refractivity contribution in [3.05, 3.63) is 77.0 Å². The van der Waals surface area contributed by atoms with Gasteiger partial charge in [0, 0.05) is 18.5 Å². The second-order valence-electron chi connectivity index (χ2n) is 8.35. The van der Waals surface area contributed by atoms with Gasteiger partial charge in [0.05, 0.1) is 25.8 Å². The predicted octanol–water partition coefficient (Wildman–Crippen LogP) is 4.97. The Bertz CT molecular complexity index is 1120. The van der Waals surface area contributed by atoms with Crippen LogP contribution in [-0.4, -0.2) is 29.0 Å². The lowest BCUT2D eigenvalue weighted by Crippen LogP contribution is -2.36. The fourth-order valence-electron chi connectivity index (χ4n) is 4.13. The minimum absolute atomic E-state index is 0.0788. The van der Waals surface area contributed by atoms with Crippen molar-refractivity contribution >= 4 is 11.7 Å². The number of benzene rings is 2. The van der Waals surface area contributed by atoms with Gasteiger partial charge in [-0.25, -0.2) is 4.68 Å². The first-order valence-corrected chi connectivity index (χ1v) is 11.2. The molecule has 34 heavy (non-hydrogen) atoms. The van der Waals surface area contributed by atoms with Gasteiger partial charge in [-0.05, 0) is 35.2 Å². The van der Waals surface area contributed by atoms with Crippen LogP contribution in [0.2, 0.25) is 0 Å². The third-order valence-corrected chi connectivity index (χ3v) is 6.10. The lowest BCUT2D eigenvalue weighted by Gasteiger charge is -2.34. The van der Waals surface area contributed by atoms with Crippen molar-refractivity contribution in [3.8, 4) is 5.75 Å². The summed E-state index contributed by atoms with van der Waals surface area (Å²) in [4.78, 5) is 12.6. The molecule has 1 aromatic heterocycles. The van der Waals surface area contributed by atoms with E-state index in [9.17, 15) is 18.0 Å². The first-order chi connectivity index (χ1) is 16.3. The van der Waals surface area contributed by atoms with Crippen molar-refractivity contribution in [1.29, 1.82) is 0 Å². The highest BCUT2D eigenvalue weighted by atomic mass is 19.4. The van der Waals surface area contributed by atoms with E-state index in [1.165, 1.54) is 6.20 Å². The molecule has 6 nitrogen and oxygen atoms in total. The standard InChI is InChI=1S/C25H27F3N4O2/c1-3-16-4-8-18(9-5-16)21-13-22(25(26,27)28)32-24(31-21)19(15-30-32)12-23(33)29-14-17-6-10-20(34-2)11-7-17/h4-11,15,21-22,31H,3,12-14H2,1-2H3,(H,29,33)/t21-,22+/m0/s1. The fourth-order valence-corrected chi connectivity index (χ4v) is 4.13. The Morgan fingerprint density at radius 1 is 1.15 bits per heavy atom. The number of hydrogen-bond donors (Lipinski definition) is 2. The van der Waals surface area contributed by atoms with E-state index >= 15 is 0 Å². The molecule has 2 N–H and O–H groups in total. The molecule has 0 fully saturated rings. The first-order valence-electron chi connectivity index (χ1n) is 11.2. The SMILES string of the molecule is CCc1ccc([C@@H]2C[C@H](C(F)(F)F)n3ncc(CC(=O)NCc4ccc(OC)cc4)c3N2)cc1. The van der Waals surface area contributed by atoms with Crippen LogP contribution in [0.3, 0.4) is 0 Å². The van der Waals surface area contributed by atoms with Crippen LogP contribution in [0.25, 0.3) is 0 Å². The van der Waals surface area contributed by atoms with E-state index in [1.54, 1.807) is 19.2 Å². The van der Waals surface area contributed by atoms with Gasteiger partial charge in [-0.2, -0.15) is 18.3 Å². The number of aromatic nitrogens is 2. The lowest BCUT2D eigenvalue weighted by molar-refractivity contribution is -0.173. The third kappa shape index (κ3) is 5.18. The van der Waals surface area contributed by atoms with Gasteiger partial charge in [0.25, 0.3) is 0 Å². The van der Waals surface area contributed by atoms with Gasteiger partial charge < -0.3 is 15.4 Å². The molecule has 0 aliphatic carbocycles. The summed E-state index contributed by atoms with van der Waals surface area (Å²) in [5, 5.41) is 10.0. The van der Waals surface area contributed by atoms with Gasteiger partial charge in [-0.1, -0.05) is 43.3 Å². The van der Waals surface area contributed by atoms with Crippen LogP contribution in [0.4, 0.5) is 19.0 Å². The molecule has 9 heteroatoms. The van der Waals surface area contributed by atoms with E-state index in [1.807, 2.05) is 43.3 Å². The molecular weight excluding hydrogens is 445 g/mol. The fraction of sp³-hybridized carbons (Fsp3) is 0.360. The third-order valence-electron chi connectivity index (χ3n) is 6.10. The van der Waals surface area contributed by atoms with Crippen LogP contribution in [0, 0.1) is 0 Å². The van der Waals surface area contributed by atoms with E-state index in [2.05, 4.69) is 15.7 Å². The quantitative estimate of drug-likeness (QED) is 0.509. The average Bonchev–Trinajstić information content (AvgIpc) is 3.24. The average molecular weight is 473 g/mol. The summed E-state index contributed by atoms with van der Waals surface area (Å²) in [7, 11) is 1.57. The zero-order valence-corrected chi connectivity index (χ0v) is 19.0. The number of fused-ring (bicyclic) bond motifs is 1. The molecule has 180 valence electrons. The molecule has 0 radical (unpaired) electrons. The number of halogens is 3. The summed E-state index contributed by atoms with van der Waals surface area (Å²) < 4.78 is 47.7. The van der Waals surface area contributed by atoms with Gasteiger partial charge in [-0.15, -0.1) is 0 Å². The molecule has 0 saturated carbocycles. The van der Waals surface area contributed by atoms with Crippen molar-refractivity contribution in [2.24, 2.45) is 0 Å². The predicted molar refractivity (Wildman–Crippen MR) is 123 cm³/mol. The molecule has 1 aliphatic rings. The number of ether oxygens (including phenoxy) is 1. The highest BCUT2D eigenvalue weighted by Crippen LogP contribution is 2.44. The number of alkyl halides is 3. The van der Waals surface area contributed by atoms with Crippen LogP contribution >= 0.6 is 0 Å². The Balaban J connectivity index is 1.50. The maximum absolute atomic E-state index is 13.9. The normalized spacial score (nSPS) is 17.6. The second-order valence-corrected chi connectivity index (χ2v) is 8.35. The number of carbonyl (C=O) groups excluding carboxylic acids is 1. The molecular formula is C25H27F3N4O2. The summed E-state index contributed by atoms with van der Waals surface area (Å²) in [6.07, 6.45) is -2.52. The maximum Gasteiger partial charge on any atom is 0.410 e. The van der Waals surface area contributed by atoms with Crippen LogP contribution in [0.15, 0.2) is 54.7 Å². The molecule has 0 bridgehead atoms. The number of rotatable bonds is 7. The van der Waals surface area contributed by atoms with Crippen molar-refractivity contribution < 1.29 is 22.7 Å². The van der Waals surface area contributed by atoms with Crippen molar-refractivity contribution in [1.82, 2.24) is 15.1 Å². The van der Waals surface area contributed by atoms with Gasteiger partial charge >= 0.3 is 6.18 Å². The van der Waals surface area contributed by atoms with Gasteiger partial charge in [0.15, 0.2) is 6.04 Å². The maximum atomic E-state index is 13.9. The minimum atomic E-state index is -4.46. The largest absolute Gasteiger partial charge is 0.497 e. The number of methoxy groups -OCH3 is 1. The molecule has 4 rings (SSSR count). The summed E-state index contributed by atoms with van der Waals surface area (Å²) in [5.74, 6) is 0.648. The number of nitrogens with zero attached hydrogens (tertiary/aromatic N) is 2. The van der Waals surface area contributed by atoms with E-state index in [4.69, 9.17) is 4.74 Å². The van der Waals surface area contributed by atoms with Gasteiger partial charge in [0.1, 0.15) is 11.6 Å². The van der Waals surface area contributed by atoms with Crippen LogP contribution in [0.5, 0.6) is 5.75 Å². The Labute approximate surface area is 196 Å². The Kier molecular flexibility index (Phi) is 6.81. The van der Waals surface area contributed by atoms with E-state index in [-0.39, 0.29) is 24.6 Å². The van der Waals surface area contributed by atoms with Gasteiger partial charge in [-0.3, -0.25) is 4.79 Å². The molecule has 1 amide bonds. The zero-order chi connectivity index (χ0) is 24.3. The summed E-state index contributed by atoms with van der Waals surface area (Å²) >= 11 is 0. The van der Waals surface area contributed by atoms with E-state index < -0.39 is 18.3 Å². The molecule has 3 aromatic rings. The summed E-state index contributed by atoms with van der Waals surface area (Å²) in [5.41, 5.74) is 3.20. The lowest BCUT2D eigenvalue weighted by atomic mass is 9.95. The number of aryl methyl sites for hydroxylation is 1. The van der Waals surface area contributed by atoms with Crippen LogP contribution < -0.4 is 15.4 Å². The van der Waals surface area contributed by atoms with Crippen molar-refractivity contribution in [2.75, 3.05) is 12.4 Å². The topological polar surface area (TPSA) is 68.2 Å². The Morgan fingerprint density at radius 3 is 2.44 bits per heavy atom. The summed E-state index contributed by atoms with van der Waals surface area (Å²) in [6, 6.07) is 12.5. The molecule has 0 unspecified atom stereocenters. The highest BCUT2D eigenvalue weighted by molar-refractivity contribution is 5.80. The monoisotopic (exact) mass is 472 g/mol. The van der Waals surface area contributed by atoms with Crippen molar-refractivity contribution in [2.45, 2.75) is 51.0 Å². The molecule has 2 heterocycles. The zero-order valence-electron chi connectivity index (χ0n) is 19.0. The van der Waals surface area contributed by atoms with E-state index in [0.29, 0.717) is 17.9 Å². The second kappa shape index (κ2) is 9.79. The summed E-state index contributed by atoms with van der Waals surface area (Å²) in [6.45, 7) is 2.33. The minimum Gasteiger partial charge on any atom is -0.497 e. The molecule has 0 saturated heterocycles. The smallest absolute Gasteiger partial charge is 0.410 e. The Hall–Kier alpha value is -3.49. The molecule has 2 atom stereocenters. The highest BCUT2D eigenvalue weighted by Gasteiger charge is 2.46. The van der Waals surface area contributed by atoms with Crippen LogP contribution in [-0.2, 0) is 24.2 Å². The number of amides is 1. The van der Waals surface area contributed by atoms with Crippen molar-refractivity contribution in [3.63, 3.8) is 0 Å². The van der Waals surface area contributed by atoms with Crippen LogP contribution in [0.1, 0.15) is 47.7 Å². The number of hydrogen-bond acceptors (Lipinski definition) is 4. The molecule has 0 spiro atoms.